The third-order valence-electron chi connectivity index (χ3n) is 6.29. The van der Waals surface area contributed by atoms with Crippen molar-refractivity contribution in [3.05, 3.63) is 93.0 Å². The van der Waals surface area contributed by atoms with Crippen LogP contribution in [0.4, 0.5) is 5.82 Å². The van der Waals surface area contributed by atoms with E-state index in [-0.39, 0.29) is 18.1 Å². The quantitative estimate of drug-likeness (QED) is 0.420. The van der Waals surface area contributed by atoms with Crippen molar-refractivity contribution in [3.8, 4) is 0 Å². The zero-order valence-electron chi connectivity index (χ0n) is 19.4. The maximum atomic E-state index is 13.2. The van der Waals surface area contributed by atoms with Crippen LogP contribution in [0.25, 0.3) is 17.0 Å². The van der Waals surface area contributed by atoms with Crippen LogP contribution >= 0.6 is 11.6 Å². The minimum atomic E-state index is -0.297. The number of nitrogen functional groups attached to an aromatic ring is 1. The van der Waals surface area contributed by atoms with E-state index in [4.69, 9.17) is 17.3 Å². The second kappa shape index (κ2) is 9.00. The van der Waals surface area contributed by atoms with E-state index in [1.165, 1.54) is 0 Å². The number of aromatic nitrogens is 3. The number of ketones is 1. The Morgan fingerprint density at radius 2 is 2.06 bits per heavy atom. The first-order valence-electron chi connectivity index (χ1n) is 11.3. The van der Waals surface area contributed by atoms with Crippen molar-refractivity contribution in [2.45, 2.75) is 33.4 Å². The largest absolute Gasteiger partial charge is 0.384 e. The van der Waals surface area contributed by atoms with E-state index in [1.54, 1.807) is 18.5 Å². The maximum absolute atomic E-state index is 13.2. The number of amides is 1. The number of benzene rings is 1. The molecule has 1 aliphatic carbocycles. The number of Topliss-reactive ketones (excluding diaryl/α,β-unsaturated/α-hetero) is 1. The molecule has 0 aliphatic heterocycles. The van der Waals surface area contributed by atoms with Gasteiger partial charge in [0.05, 0.1) is 27.4 Å². The number of halogens is 1. The maximum Gasteiger partial charge on any atom is 0.253 e. The molecule has 0 bridgehead atoms. The predicted molar refractivity (Wildman–Crippen MR) is 138 cm³/mol. The fourth-order valence-corrected chi connectivity index (χ4v) is 4.76. The molecule has 176 valence electrons. The van der Waals surface area contributed by atoms with Crippen molar-refractivity contribution < 1.29 is 9.59 Å². The molecule has 0 radical (unpaired) electrons. The first-order valence-corrected chi connectivity index (χ1v) is 11.7. The summed E-state index contributed by atoms with van der Waals surface area (Å²) in [5.74, 6) is 0.0847. The van der Waals surface area contributed by atoms with Crippen LogP contribution in [0.15, 0.2) is 48.8 Å². The van der Waals surface area contributed by atoms with E-state index >= 15 is 0 Å². The topological polar surface area (TPSA) is 103 Å². The fourth-order valence-electron chi connectivity index (χ4n) is 4.59. The van der Waals surface area contributed by atoms with Gasteiger partial charge < -0.3 is 15.6 Å². The van der Waals surface area contributed by atoms with Crippen LogP contribution in [0, 0.1) is 13.8 Å². The molecule has 0 atom stereocenters. The first kappa shape index (κ1) is 22.8. The van der Waals surface area contributed by atoms with Gasteiger partial charge in [0.1, 0.15) is 5.82 Å². The zero-order valence-corrected chi connectivity index (χ0v) is 20.2. The standard InChI is InChI=1S/C27H24ClN5O2/c1-15-8-25(29)32-16(2)20(15)12-31-27(35)21-14-33(23-4-3-5-24(34)26(21)23)13-17-6-7-22-18(9-17)10-19(28)11-30-22/h3-4,6-11,14H,5,12-13H2,1-2H3,(H2,29,32)(H,31,35). The van der Waals surface area contributed by atoms with Crippen molar-refractivity contribution in [2.75, 3.05) is 5.73 Å². The van der Waals surface area contributed by atoms with Gasteiger partial charge in [0.25, 0.3) is 5.91 Å². The highest BCUT2D eigenvalue weighted by Crippen LogP contribution is 2.27. The number of nitrogens with zero attached hydrogens (tertiary/aromatic N) is 3. The third kappa shape index (κ3) is 4.42. The molecule has 4 aromatic rings. The summed E-state index contributed by atoms with van der Waals surface area (Å²) in [5, 5.41) is 4.47. The minimum Gasteiger partial charge on any atom is -0.384 e. The molecule has 3 N–H and O–H groups in total. The van der Waals surface area contributed by atoms with E-state index in [9.17, 15) is 9.59 Å². The van der Waals surface area contributed by atoms with Gasteiger partial charge in [-0.15, -0.1) is 0 Å². The lowest BCUT2D eigenvalue weighted by atomic mass is 9.98. The highest BCUT2D eigenvalue weighted by molar-refractivity contribution is 6.31. The summed E-state index contributed by atoms with van der Waals surface area (Å²) in [6, 6.07) is 9.61. The Morgan fingerprint density at radius 1 is 1.23 bits per heavy atom. The molecule has 1 amide bonds. The molecule has 3 aromatic heterocycles. The van der Waals surface area contributed by atoms with Crippen LogP contribution in [0.1, 0.15) is 55.2 Å². The van der Waals surface area contributed by atoms with E-state index in [2.05, 4.69) is 15.3 Å². The lowest BCUT2D eigenvalue weighted by Crippen LogP contribution is -2.25. The lowest BCUT2D eigenvalue weighted by molar-refractivity contribution is 0.0933. The fraction of sp³-hybridized carbons (Fsp3) is 0.185. The molecule has 0 spiro atoms. The highest BCUT2D eigenvalue weighted by Gasteiger charge is 2.26. The molecular formula is C27H24ClN5O2. The van der Waals surface area contributed by atoms with Crippen molar-refractivity contribution in [1.82, 2.24) is 19.9 Å². The number of anilines is 1. The van der Waals surface area contributed by atoms with E-state index in [1.807, 2.05) is 54.8 Å². The summed E-state index contributed by atoms with van der Waals surface area (Å²) in [5.41, 5.74) is 11.9. The number of pyridine rings is 2. The number of aryl methyl sites for hydroxylation is 2. The van der Waals surface area contributed by atoms with Crippen molar-refractivity contribution >= 4 is 46.1 Å². The monoisotopic (exact) mass is 485 g/mol. The van der Waals surface area contributed by atoms with E-state index < -0.39 is 0 Å². The van der Waals surface area contributed by atoms with Crippen LogP contribution in [0.2, 0.25) is 5.02 Å². The lowest BCUT2D eigenvalue weighted by Gasteiger charge is -2.12. The van der Waals surface area contributed by atoms with Gasteiger partial charge in [0.15, 0.2) is 5.78 Å². The summed E-state index contributed by atoms with van der Waals surface area (Å²) in [7, 11) is 0. The predicted octanol–water partition coefficient (Wildman–Crippen LogP) is 4.86. The SMILES string of the molecule is Cc1cc(N)nc(C)c1CNC(=O)c1cn(Cc2ccc3ncc(Cl)cc3c2)c2c1C(=O)CC=C2. The van der Waals surface area contributed by atoms with Gasteiger partial charge in [-0.05, 0) is 60.9 Å². The number of hydrogen-bond acceptors (Lipinski definition) is 5. The number of carbonyl (C=O) groups excluding carboxylic acids is 2. The second-order valence-electron chi connectivity index (χ2n) is 8.75. The number of nitrogens with one attached hydrogen (secondary N) is 1. The summed E-state index contributed by atoms with van der Waals surface area (Å²) in [6.07, 6.45) is 7.40. The van der Waals surface area contributed by atoms with Crippen LogP contribution < -0.4 is 11.1 Å². The molecule has 8 heteroatoms. The van der Waals surface area contributed by atoms with E-state index in [0.29, 0.717) is 35.1 Å². The van der Waals surface area contributed by atoms with Crippen LogP contribution in [0.3, 0.4) is 0 Å². The number of nitrogens with two attached hydrogens (primary N) is 1. The number of carbonyl (C=O) groups is 2. The van der Waals surface area contributed by atoms with Gasteiger partial charge in [0.2, 0.25) is 0 Å². The molecule has 0 saturated heterocycles. The first-order chi connectivity index (χ1) is 16.8. The van der Waals surface area contributed by atoms with Gasteiger partial charge in [0, 0.05) is 43.0 Å². The molecule has 1 aromatic carbocycles. The molecule has 0 fully saturated rings. The van der Waals surface area contributed by atoms with Gasteiger partial charge in [-0.2, -0.15) is 0 Å². The Hall–Kier alpha value is -3.97. The average molecular weight is 486 g/mol. The Morgan fingerprint density at radius 3 is 2.86 bits per heavy atom. The molecule has 0 saturated carbocycles. The Balaban J connectivity index is 1.46. The van der Waals surface area contributed by atoms with Gasteiger partial charge >= 0.3 is 0 Å². The highest BCUT2D eigenvalue weighted by atomic mass is 35.5. The number of allylic oxidation sites excluding steroid dienone is 1. The number of hydrogen-bond donors (Lipinski definition) is 2. The van der Waals surface area contributed by atoms with Crippen molar-refractivity contribution in [3.63, 3.8) is 0 Å². The molecule has 35 heavy (non-hydrogen) atoms. The number of fused-ring (bicyclic) bond motifs is 2. The Labute approximate surface area is 207 Å². The molecule has 1 aliphatic rings. The summed E-state index contributed by atoms with van der Waals surface area (Å²) < 4.78 is 1.94. The molecule has 5 rings (SSSR count). The van der Waals surface area contributed by atoms with Crippen molar-refractivity contribution in [2.24, 2.45) is 0 Å². The van der Waals surface area contributed by atoms with Gasteiger partial charge in [-0.1, -0.05) is 23.7 Å². The Kier molecular flexibility index (Phi) is 5.86. The van der Waals surface area contributed by atoms with Crippen LogP contribution in [-0.4, -0.2) is 26.2 Å². The summed E-state index contributed by atoms with van der Waals surface area (Å²) in [6.45, 7) is 4.59. The summed E-state index contributed by atoms with van der Waals surface area (Å²) >= 11 is 6.11. The van der Waals surface area contributed by atoms with Crippen LogP contribution in [0.5, 0.6) is 0 Å². The Bertz CT molecular complexity index is 1510. The van der Waals surface area contributed by atoms with Gasteiger partial charge in [-0.25, -0.2) is 4.98 Å². The second-order valence-corrected chi connectivity index (χ2v) is 9.19. The van der Waals surface area contributed by atoms with Crippen molar-refractivity contribution in [1.29, 1.82) is 0 Å². The minimum absolute atomic E-state index is 0.0672. The third-order valence-corrected chi connectivity index (χ3v) is 6.49. The normalized spacial score (nSPS) is 12.7. The molecule has 7 nitrogen and oxygen atoms in total. The van der Waals surface area contributed by atoms with Crippen LogP contribution in [-0.2, 0) is 13.1 Å². The molecular weight excluding hydrogens is 462 g/mol. The zero-order chi connectivity index (χ0) is 24.7. The van der Waals surface area contributed by atoms with Gasteiger partial charge in [-0.3, -0.25) is 14.6 Å². The van der Waals surface area contributed by atoms with E-state index in [0.717, 1.165) is 39.0 Å². The smallest absolute Gasteiger partial charge is 0.253 e. The molecule has 3 heterocycles. The molecule has 0 unspecified atom stereocenters. The summed E-state index contributed by atoms with van der Waals surface area (Å²) in [4.78, 5) is 34.7. The average Bonchev–Trinajstić information content (AvgIpc) is 3.17. The number of rotatable bonds is 5.